The normalized spacial score (nSPS) is 17.1. The Morgan fingerprint density at radius 2 is 1.69 bits per heavy atom. The number of hydrogen-bond acceptors (Lipinski definition) is 2. The van der Waals surface area contributed by atoms with Gasteiger partial charge in [-0.05, 0) is 80.6 Å². The van der Waals surface area contributed by atoms with Crippen LogP contribution in [0.5, 0.6) is 5.75 Å². The SMILES string of the molecule is Cc1ccccc1C(CC1CCNCC1)Oc1ccc(C(F)(F)F)cc1. The highest BCUT2D eigenvalue weighted by Gasteiger charge is 2.30. The van der Waals surface area contributed by atoms with Gasteiger partial charge >= 0.3 is 6.18 Å². The predicted molar refractivity (Wildman–Crippen MR) is 96.2 cm³/mol. The zero-order chi connectivity index (χ0) is 18.6. The van der Waals surface area contributed by atoms with Crippen molar-refractivity contribution in [2.24, 2.45) is 5.92 Å². The molecule has 0 amide bonds. The number of rotatable bonds is 5. The molecule has 26 heavy (non-hydrogen) atoms. The average molecular weight is 363 g/mol. The zero-order valence-electron chi connectivity index (χ0n) is 14.9. The molecule has 0 bridgehead atoms. The molecule has 2 aromatic rings. The molecule has 1 aliphatic rings. The van der Waals surface area contributed by atoms with Crippen molar-refractivity contribution in [2.45, 2.75) is 38.5 Å². The summed E-state index contributed by atoms with van der Waals surface area (Å²) in [6.07, 6.45) is -1.43. The molecule has 1 unspecified atom stereocenters. The summed E-state index contributed by atoms with van der Waals surface area (Å²) in [5, 5.41) is 3.36. The summed E-state index contributed by atoms with van der Waals surface area (Å²) in [5.74, 6) is 1.02. The molecule has 0 saturated carbocycles. The van der Waals surface area contributed by atoms with Crippen molar-refractivity contribution in [1.29, 1.82) is 0 Å². The number of hydrogen-bond donors (Lipinski definition) is 1. The van der Waals surface area contributed by atoms with E-state index in [-0.39, 0.29) is 6.10 Å². The highest BCUT2D eigenvalue weighted by atomic mass is 19.4. The van der Waals surface area contributed by atoms with E-state index in [4.69, 9.17) is 4.74 Å². The van der Waals surface area contributed by atoms with Gasteiger partial charge in [0.1, 0.15) is 11.9 Å². The Bertz CT molecular complexity index is 706. The van der Waals surface area contributed by atoms with Crippen molar-refractivity contribution in [1.82, 2.24) is 5.32 Å². The maximum atomic E-state index is 12.8. The number of alkyl halides is 3. The van der Waals surface area contributed by atoms with Gasteiger partial charge in [0.15, 0.2) is 0 Å². The van der Waals surface area contributed by atoms with Gasteiger partial charge in [-0.1, -0.05) is 24.3 Å². The summed E-state index contributed by atoms with van der Waals surface area (Å²) in [4.78, 5) is 0. The van der Waals surface area contributed by atoms with Crippen molar-refractivity contribution in [3.05, 3.63) is 65.2 Å². The Kier molecular flexibility index (Phi) is 5.87. The first kappa shape index (κ1) is 18.8. The van der Waals surface area contributed by atoms with Crippen molar-refractivity contribution >= 4 is 0 Å². The van der Waals surface area contributed by atoms with Crippen LogP contribution in [0.4, 0.5) is 13.2 Å². The van der Waals surface area contributed by atoms with Crippen LogP contribution in [-0.4, -0.2) is 13.1 Å². The van der Waals surface area contributed by atoms with Crippen LogP contribution in [0, 0.1) is 12.8 Å². The number of halogens is 3. The van der Waals surface area contributed by atoms with Crippen LogP contribution in [0.2, 0.25) is 0 Å². The second kappa shape index (κ2) is 8.12. The minimum absolute atomic E-state index is 0.156. The van der Waals surface area contributed by atoms with E-state index in [1.165, 1.54) is 12.1 Å². The Balaban J connectivity index is 1.80. The predicted octanol–water partition coefficient (Wildman–Crippen LogP) is 5.52. The molecular weight excluding hydrogens is 339 g/mol. The van der Waals surface area contributed by atoms with E-state index in [2.05, 4.69) is 5.32 Å². The van der Waals surface area contributed by atoms with E-state index in [1.54, 1.807) is 0 Å². The second-order valence-corrected chi connectivity index (χ2v) is 6.91. The lowest BCUT2D eigenvalue weighted by molar-refractivity contribution is -0.137. The lowest BCUT2D eigenvalue weighted by Crippen LogP contribution is -2.29. The molecule has 1 aliphatic heterocycles. The third-order valence-electron chi connectivity index (χ3n) is 5.00. The van der Waals surface area contributed by atoms with Crippen molar-refractivity contribution in [2.75, 3.05) is 13.1 Å². The number of piperidine rings is 1. The van der Waals surface area contributed by atoms with Gasteiger partial charge in [0.05, 0.1) is 5.56 Å². The fourth-order valence-electron chi connectivity index (χ4n) is 3.49. The van der Waals surface area contributed by atoms with Crippen molar-refractivity contribution < 1.29 is 17.9 Å². The van der Waals surface area contributed by atoms with Gasteiger partial charge in [0.2, 0.25) is 0 Å². The highest BCUT2D eigenvalue weighted by Crippen LogP contribution is 2.34. The molecular formula is C21H24F3NO. The molecule has 1 heterocycles. The number of ether oxygens (including phenoxy) is 1. The molecule has 2 nitrogen and oxygen atoms in total. The summed E-state index contributed by atoms with van der Waals surface area (Å²) in [6.45, 7) is 4.05. The second-order valence-electron chi connectivity index (χ2n) is 6.91. The minimum Gasteiger partial charge on any atom is -0.486 e. The molecule has 0 spiro atoms. The molecule has 3 rings (SSSR count). The third-order valence-corrected chi connectivity index (χ3v) is 5.00. The molecule has 0 aromatic heterocycles. The molecule has 1 saturated heterocycles. The van der Waals surface area contributed by atoms with Crippen LogP contribution in [0.1, 0.15) is 42.1 Å². The van der Waals surface area contributed by atoms with Gasteiger partial charge in [-0.15, -0.1) is 0 Å². The quantitative estimate of drug-likeness (QED) is 0.755. The van der Waals surface area contributed by atoms with Gasteiger partial charge in [0.25, 0.3) is 0 Å². The van der Waals surface area contributed by atoms with Crippen LogP contribution in [0.25, 0.3) is 0 Å². The van der Waals surface area contributed by atoms with Crippen LogP contribution in [-0.2, 0) is 6.18 Å². The standard InChI is InChI=1S/C21H24F3NO/c1-15-4-2-3-5-19(15)20(14-16-10-12-25-13-11-16)26-18-8-6-17(7-9-18)21(22,23)24/h2-9,16,20,25H,10-14H2,1H3. The summed E-state index contributed by atoms with van der Waals surface area (Å²) >= 11 is 0. The minimum atomic E-state index is -4.33. The monoisotopic (exact) mass is 363 g/mol. The van der Waals surface area contributed by atoms with Gasteiger partial charge < -0.3 is 10.1 Å². The molecule has 5 heteroatoms. The Morgan fingerprint density at radius 3 is 2.31 bits per heavy atom. The molecule has 0 radical (unpaired) electrons. The Hall–Kier alpha value is -2.01. The van der Waals surface area contributed by atoms with Crippen molar-refractivity contribution in [3.63, 3.8) is 0 Å². The van der Waals surface area contributed by atoms with E-state index in [9.17, 15) is 13.2 Å². The van der Waals surface area contributed by atoms with Gasteiger partial charge in [-0.25, -0.2) is 0 Å². The molecule has 140 valence electrons. The fraction of sp³-hybridized carbons (Fsp3) is 0.429. The van der Waals surface area contributed by atoms with E-state index >= 15 is 0 Å². The summed E-state index contributed by atoms with van der Waals surface area (Å²) < 4.78 is 44.5. The number of aryl methyl sites for hydroxylation is 1. The largest absolute Gasteiger partial charge is 0.486 e. The van der Waals surface area contributed by atoms with Crippen LogP contribution in [0.15, 0.2) is 48.5 Å². The van der Waals surface area contributed by atoms with E-state index in [0.29, 0.717) is 11.7 Å². The average Bonchev–Trinajstić information content (AvgIpc) is 2.62. The van der Waals surface area contributed by atoms with Gasteiger partial charge in [0, 0.05) is 0 Å². The van der Waals surface area contributed by atoms with Crippen LogP contribution >= 0.6 is 0 Å². The van der Waals surface area contributed by atoms with Gasteiger partial charge in [-0.3, -0.25) is 0 Å². The van der Waals surface area contributed by atoms with E-state index < -0.39 is 11.7 Å². The molecule has 1 fully saturated rings. The maximum Gasteiger partial charge on any atom is 0.416 e. The smallest absolute Gasteiger partial charge is 0.416 e. The van der Waals surface area contributed by atoms with E-state index in [0.717, 1.165) is 55.6 Å². The first-order chi connectivity index (χ1) is 12.4. The fourth-order valence-corrected chi connectivity index (χ4v) is 3.49. The first-order valence-corrected chi connectivity index (χ1v) is 9.03. The molecule has 2 aromatic carbocycles. The van der Waals surface area contributed by atoms with Crippen LogP contribution < -0.4 is 10.1 Å². The molecule has 0 aliphatic carbocycles. The molecule has 1 atom stereocenters. The number of benzene rings is 2. The number of nitrogens with one attached hydrogen (secondary N) is 1. The molecule has 1 N–H and O–H groups in total. The topological polar surface area (TPSA) is 21.3 Å². The maximum absolute atomic E-state index is 12.8. The van der Waals surface area contributed by atoms with Crippen molar-refractivity contribution in [3.8, 4) is 5.75 Å². The lowest BCUT2D eigenvalue weighted by Gasteiger charge is -2.28. The highest BCUT2D eigenvalue weighted by molar-refractivity contribution is 5.32. The zero-order valence-corrected chi connectivity index (χ0v) is 14.9. The first-order valence-electron chi connectivity index (χ1n) is 9.03. The summed E-state index contributed by atoms with van der Waals surface area (Å²) in [7, 11) is 0. The summed E-state index contributed by atoms with van der Waals surface area (Å²) in [6, 6.07) is 13.0. The third kappa shape index (κ3) is 4.79. The van der Waals surface area contributed by atoms with Gasteiger partial charge in [-0.2, -0.15) is 13.2 Å². The lowest BCUT2D eigenvalue weighted by atomic mass is 9.88. The van der Waals surface area contributed by atoms with Crippen LogP contribution in [0.3, 0.4) is 0 Å². The Labute approximate surface area is 152 Å². The Morgan fingerprint density at radius 1 is 1.04 bits per heavy atom. The van der Waals surface area contributed by atoms with E-state index in [1.807, 2.05) is 31.2 Å². The summed E-state index contributed by atoms with van der Waals surface area (Å²) in [5.41, 5.74) is 1.58.